The van der Waals surface area contributed by atoms with Crippen molar-refractivity contribution in [1.29, 1.82) is 0 Å². The largest absolute Gasteiger partial charge is 0.478 e. The predicted molar refractivity (Wildman–Crippen MR) is 69.6 cm³/mol. The van der Waals surface area contributed by atoms with Gasteiger partial charge in [0.2, 0.25) is 0 Å². The molecule has 1 aliphatic carbocycles. The number of hydrogen-bond donors (Lipinski definition) is 1. The zero-order valence-corrected chi connectivity index (χ0v) is 11.1. The van der Waals surface area contributed by atoms with Crippen molar-refractivity contribution in [2.24, 2.45) is 0 Å². The van der Waals surface area contributed by atoms with Crippen molar-refractivity contribution in [3.8, 4) is 0 Å². The third-order valence-corrected chi connectivity index (χ3v) is 4.07. The van der Waals surface area contributed by atoms with Crippen LogP contribution in [0.5, 0.6) is 0 Å². The maximum absolute atomic E-state index is 11.0. The molecule has 1 saturated heterocycles. The maximum atomic E-state index is 11.0. The zero-order valence-electron chi connectivity index (χ0n) is 11.1. The number of morpholine rings is 1. The van der Waals surface area contributed by atoms with Crippen LogP contribution in [0.2, 0.25) is 0 Å². The standard InChI is InChI=1S/C14H23NO3/c1-2-11(14(16)17)7-8-15-9-10-18-13-6-4-3-5-12(13)15/h7,12-13H,2-6,8-10H2,1H3,(H,16,17). The van der Waals surface area contributed by atoms with Gasteiger partial charge in [0.15, 0.2) is 0 Å². The van der Waals surface area contributed by atoms with Gasteiger partial charge in [-0.25, -0.2) is 4.79 Å². The van der Waals surface area contributed by atoms with Gasteiger partial charge in [0.1, 0.15) is 0 Å². The van der Waals surface area contributed by atoms with Crippen LogP contribution in [0, 0.1) is 0 Å². The van der Waals surface area contributed by atoms with E-state index in [1.807, 2.05) is 13.0 Å². The smallest absolute Gasteiger partial charge is 0.331 e. The molecule has 4 nitrogen and oxygen atoms in total. The van der Waals surface area contributed by atoms with Gasteiger partial charge < -0.3 is 9.84 Å². The van der Waals surface area contributed by atoms with Crippen LogP contribution in [0.3, 0.4) is 0 Å². The molecule has 0 aromatic carbocycles. The van der Waals surface area contributed by atoms with Crippen LogP contribution in [-0.4, -0.2) is 47.8 Å². The molecule has 4 heteroatoms. The Hall–Kier alpha value is -0.870. The third-order valence-electron chi connectivity index (χ3n) is 4.07. The average molecular weight is 253 g/mol. The maximum Gasteiger partial charge on any atom is 0.331 e. The molecule has 1 saturated carbocycles. The lowest BCUT2D eigenvalue weighted by Gasteiger charge is -2.43. The van der Waals surface area contributed by atoms with Crippen molar-refractivity contribution in [2.45, 2.75) is 51.2 Å². The summed E-state index contributed by atoms with van der Waals surface area (Å²) in [4.78, 5) is 13.4. The molecule has 0 bridgehead atoms. The molecule has 2 unspecified atom stereocenters. The minimum atomic E-state index is -0.786. The van der Waals surface area contributed by atoms with Gasteiger partial charge in [0.05, 0.1) is 12.7 Å². The normalized spacial score (nSPS) is 29.9. The van der Waals surface area contributed by atoms with Crippen molar-refractivity contribution in [2.75, 3.05) is 19.7 Å². The van der Waals surface area contributed by atoms with Crippen LogP contribution in [0.25, 0.3) is 0 Å². The highest BCUT2D eigenvalue weighted by molar-refractivity contribution is 5.86. The third kappa shape index (κ3) is 3.12. The lowest BCUT2D eigenvalue weighted by Crippen LogP contribution is -2.52. The summed E-state index contributed by atoms with van der Waals surface area (Å²) in [7, 11) is 0. The summed E-state index contributed by atoms with van der Waals surface area (Å²) in [6.07, 6.45) is 7.71. The van der Waals surface area contributed by atoms with Crippen molar-refractivity contribution in [3.63, 3.8) is 0 Å². The van der Waals surface area contributed by atoms with Crippen molar-refractivity contribution < 1.29 is 14.6 Å². The molecule has 0 aromatic rings. The lowest BCUT2D eigenvalue weighted by molar-refractivity contribution is -0.132. The van der Waals surface area contributed by atoms with Gasteiger partial charge in [-0.15, -0.1) is 0 Å². The van der Waals surface area contributed by atoms with E-state index in [0.717, 1.165) is 26.1 Å². The highest BCUT2D eigenvalue weighted by Crippen LogP contribution is 2.28. The van der Waals surface area contributed by atoms with Crippen LogP contribution in [0.4, 0.5) is 0 Å². The number of nitrogens with zero attached hydrogens (tertiary/aromatic N) is 1. The summed E-state index contributed by atoms with van der Waals surface area (Å²) in [6, 6.07) is 0.496. The van der Waals surface area contributed by atoms with E-state index in [1.54, 1.807) is 0 Å². The summed E-state index contributed by atoms with van der Waals surface area (Å²) in [6.45, 7) is 4.35. The molecule has 1 heterocycles. The molecular formula is C14H23NO3. The molecule has 0 aromatic heterocycles. The fourth-order valence-electron chi connectivity index (χ4n) is 3.01. The average Bonchev–Trinajstić information content (AvgIpc) is 2.39. The van der Waals surface area contributed by atoms with Gasteiger partial charge in [0.25, 0.3) is 0 Å². The Morgan fingerprint density at radius 2 is 2.22 bits per heavy atom. The Labute approximate surface area is 109 Å². The van der Waals surface area contributed by atoms with Gasteiger partial charge in [-0.05, 0) is 19.3 Å². The molecule has 2 aliphatic rings. The Morgan fingerprint density at radius 3 is 2.94 bits per heavy atom. The van der Waals surface area contributed by atoms with Crippen LogP contribution in [0.15, 0.2) is 11.6 Å². The molecule has 0 spiro atoms. The van der Waals surface area contributed by atoms with Gasteiger partial charge in [-0.1, -0.05) is 25.8 Å². The number of ether oxygens (including phenoxy) is 1. The Balaban J connectivity index is 1.97. The van der Waals surface area contributed by atoms with E-state index in [2.05, 4.69) is 4.90 Å². The number of fused-ring (bicyclic) bond motifs is 1. The molecule has 1 aliphatic heterocycles. The van der Waals surface area contributed by atoms with Crippen molar-refractivity contribution >= 4 is 5.97 Å². The van der Waals surface area contributed by atoms with Crippen molar-refractivity contribution in [1.82, 2.24) is 4.90 Å². The van der Waals surface area contributed by atoms with Gasteiger partial charge >= 0.3 is 5.97 Å². The summed E-state index contributed by atoms with van der Waals surface area (Å²) >= 11 is 0. The monoisotopic (exact) mass is 253 g/mol. The molecule has 1 N–H and O–H groups in total. The molecule has 2 rings (SSSR count). The molecule has 0 amide bonds. The molecule has 0 radical (unpaired) electrons. The number of aliphatic carboxylic acids is 1. The summed E-state index contributed by atoms with van der Waals surface area (Å²) in [5.74, 6) is -0.786. The second kappa shape index (κ2) is 6.34. The van der Waals surface area contributed by atoms with Gasteiger partial charge in [-0.3, -0.25) is 4.90 Å². The van der Waals surface area contributed by atoms with Crippen LogP contribution in [0.1, 0.15) is 39.0 Å². The number of carbonyl (C=O) groups is 1. The minimum Gasteiger partial charge on any atom is -0.478 e. The van der Waals surface area contributed by atoms with Crippen molar-refractivity contribution in [3.05, 3.63) is 11.6 Å². The fraction of sp³-hybridized carbons (Fsp3) is 0.786. The first-order valence-corrected chi connectivity index (χ1v) is 7.00. The molecule has 2 atom stereocenters. The van der Waals surface area contributed by atoms with E-state index < -0.39 is 5.97 Å². The number of carboxylic acids is 1. The Kier molecular flexibility index (Phi) is 4.78. The Morgan fingerprint density at radius 1 is 1.44 bits per heavy atom. The second-order valence-electron chi connectivity index (χ2n) is 5.14. The van der Waals surface area contributed by atoms with E-state index >= 15 is 0 Å². The molecule has 2 fully saturated rings. The lowest BCUT2D eigenvalue weighted by atomic mass is 9.90. The topological polar surface area (TPSA) is 49.8 Å². The van der Waals surface area contributed by atoms with Gasteiger partial charge in [-0.2, -0.15) is 0 Å². The van der Waals surface area contributed by atoms with E-state index in [9.17, 15) is 4.79 Å². The summed E-state index contributed by atoms with van der Waals surface area (Å²) in [5.41, 5.74) is 0.522. The first-order valence-electron chi connectivity index (χ1n) is 7.00. The predicted octanol–water partition coefficient (Wildman–Crippen LogP) is 2.05. The number of rotatable bonds is 4. The highest BCUT2D eigenvalue weighted by Gasteiger charge is 2.33. The van der Waals surface area contributed by atoms with Crippen LogP contribution < -0.4 is 0 Å². The van der Waals surface area contributed by atoms with E-state index in [4.69, 9.17) is 9.84 Å². The van der Waals surface area contributed by atoms with Crippen LogP contribution in [-0.2, 0) is 9.53 Å². The molecule has 102 valence electrons. The summed E-state index contributed by atoms with van der Waals surface area (Å²) in [5, 5.41) is 9.02. The van der Waals surface area contributed by atoms with Gasteiger partial charge in [0, 0.05) is 24.7 Å². The highest BCUT2D eigenvalue weighted by atomic mass is 16.5. The SMILES string of the molecule is CCC(=CCN1CCOC2CCCCC21)C(=O)O. The number of hydrogen-bond acceptors (Lipinski definition) is 3. The second-order valence-corrected chi connectivity index (χ2v) is 5.14. The first kappa shape index (κ1) is 13.6. The molecule has 18 heavy (non-hydrogen) atoms. The first-order chi connectivity index (χ1) is 8.72. The van der Waals surface area contributed by atoms with E-state index in [-0.39, 0.29) is 0 Å². The minimum absolute atomic E-state index is 0.371. The van der Waals surface area contributed by atoms with E-state index in [1.165, 1.54) is 19.3 Å². The fourth-order valence-corrected chi connectivity index (χ4v) is 3.01. The van der Waals surface area contributed by atoms with Crippen LogP contribution >= 0.6 is 0 Å². The molecular weight excluding hydrogens is 230 g/mol. The quantitative estimate of drug-likeness (QED) is 0.779. The van der Waals surface area contributed by atoms with E-state index in [0.29, 0.717) is 24.1 Å². The Bertz CT molecular complexity index is 325. The zero-order chi connectivity index (χ0) is 13.0. The summed E-state index contributed by atoms with van der Waals surface area (Å²) < 4.78 is 5.81. The number of carboxylic acid groups (broad SMARTS) is 1.